The lowest BCUT2D eigenvalue weighted by atomic mass is 10.1. The lowest BCUT2D eigenvalue weighted by molar-refractivity contribution is 0.305. The van der Waals surface area contributed by atoms with Crippen molar-refractivity contribution in [3.05, 3.63) is 22.4 Å². The van der Waals surface area contributed by atoms with Crippen molar-refractivity contribution in [3.63, 3.8) is 0 Å². The zero-order valence-electron chi connectivity index (χ0n) is 11.6. The number of likely N-dealkylation sites (N-methyl/N-ethyl adjacent to an activating group) is 1. The fourth-order valence-corrected chi connectivity index (χ4v) is 2.46. The van der Waals surface area contributed by atoms with Gasteiger partial charge in [-0.3, -0.25) is 0 Å². The Morgan fingerprint density at radius 3 is 2.65 bits per heavy atom. The van der Waals surface area contributed by atoms with Crippen LogP contribution in [-0.2, 0) is 0 Å². The Kier molecular flexibility index (Phi) is 6.78. The Morgan fingerprint density at radius 1 is 1.29 bits per heavy atom. The second-order valence-corrected chi connectivity index (χ2v) is 6.16. The number of hydrogen-bond donors (Lipinski definition) is 1. The maximum atomic E-state index is 3.57. The highest BCUT2D eigenvalue weighted by Crippen LogP contribution is 2.17. The summed E-state index contributed by atoms with van der Waals surface area (Å²) in [5.41, 5.74) is 0. The molecule has 0 aliphatic rings. The fourth-order valence-electron chi connectivity index (χ4n) is 1.70. The molecule has 1 rings (SSSR count). The lowest BCUT2D eigenvalue weighted by Crippen LogP contribution is -2.31. The Balaban J connectivity index is 2.11. The van der Waals surface area contributed by atoms with Gasteiger partial charge in [0.1, 0.15) is 0 Å². The molecule has 1 heterocycles. The largest absolute Gasteiger partial charge is 0.308 e. The summed E-state index contributed by atoms with van der Waals surface area (Å²) in [4.78, 5) is 3.84. The molecule has 2 nitrogen and oxygen atoms in total. The molecule has 1 unspecified atom stereocenters. The Labute approximate surface area is 110 Å². The van der Waals surface area contributed by atoms with Gasteiger partial charge >= 0.3 is 0 Å². The minimum absolute atomic E-state index is 0.480. The molecule has 98 valence electrons. The van der Waals surface area contributed by atoms with Crippen LogP contribution in [0, 0.1) is 5.92 Å². The molecule has 1 atom stereocenters. The summed E-state index contributed by atoms with van der Waals surface area (Å²) in [6, 6.07) is 4.80. The van der Waals surface area contributed by atoms with E-state index in [2.05, 4.69) is 55.5 Å². The van der Waals surface area contributed by atoms with Crippen molar-refractivity contribution >= 4 is 11.3 Å². The van der Waals surface area contributed by atoms with Crippen molar-refractivity contribution in [2.24, 2.45) is 5.92 Å². The predicted octanol–water partition coefficient (Wildman–Crippen LogP) is 3.38. The van der Waals surface area contributed by atoms with Gasteiger partial charge in [0.2, 0.25) is 0 Å². The van der Waals surface area contributed by atoms with Gasteiger partial charge in [-0.15, -0.1) is 11.3 Å². The zero-order chi connectivity index (χ0) is 12.7. The smallest absolute Gasteiger partial charge is 0.0386 e. The Bertz CT molecular complexity index is 282. The third kappa shape index (κ3) is 6.20. The van der Waals surface area contributed by atoms with Crippen LogP contribution in [0.4, 0.5) is 0 Å². The van der Waals surface area contributed by atoms with Gasteiger partial charge in [-0.2, -0.15) is 0 Å². The highest BCUT2D eigenvalue weighted by Gasteiger charge is 2.06. The molecule has 0 amide bonds. The monoisotopic (exact) mass is 254 g/mol. The van der Waals surface area contributed by atoms with E-state index in [1.807, 2.05) is 11.3 Å². The van der Waals surface area contributed by atoms with Crippen LogP contribution < -0.4 is 5.32 Å². The molecule has 0 radical (unpaired) electrons. The van der Waals surface area contributed by atoms with Crippen molar-refractivity contribution in [3.8, 4) is 0 Å². The van der Waals surface area contributed by atoms with Crippen molar-refractivity contribution in [2.45, 2.75) is 33.2 Å². The first-order valence-corrected chi connectivity index (χ1v) is 7.43. The van der Waals surface area contributed by atoms with E-state index in [0.717, 1.165) is 19.0 Å². The van der Waals surface area contributed by atoms with Gasteiger partial charge in [-0.05, 0) is 44.3 Å². The summed E-state index contributed by atoms with van der Waals surface area (Å²) in [7, 11) is 2.21. The van der Waals surface area contributed by atoms with Gasteiger partial charge < -0.3 is 10.2 Å². The molecule has 17 heavy (non-hydrogen) atoms. The minimum Gasteiger partial charge on any atom is -0.308 e. The van der Waals surface area contributed by atoms with E-state index >= 15 is 0 Å². The molecule has 1 N–H and O–H groups in total. The van der Waals surface area contributed by atoms with Crippen LogP contribution >= 0.6 is 11.3 Å². The van der Waals surface area contributed by atoms with E-state index in [1.165, 1.54) is 17.8 Å². The van der Waals surface area contributed by atoms with Crippen LogP contribution in [0.5, 0.6) is 0 Å². The molecular weight excluding hydrogens is 228 g/mol. The SMILES string of the molecule is CC(C)CCN(C)CCNC(C)c1cccs1. The molecule has 0 saturated heterocycles. The van der Waals surface area contributed by atoms with Gasteiger partial charge in [0.25, 0.3) is 0 Å². The first kappa shape index (κ1) is 14.7. The minimum atomic E-state index is 0.480. The van der Waals surface area contributed by atoms with Crippen LogP contribution in [0.1, 0.15) is 38.1 Å². The highest BCUT2D eigenvalue weighted by molar-refractivity contribution is 7.10. The van der Waals surface area contributed by atoms with Gasteiger partial charge in [-0.25, -0.2) is 0 Å². The maximum absolute atomic E-state index is 3.57. The van der Waals surface area contributed by atoms with Crippen molar-refractivity contribution in [1.29, 1.82) is 0 Å². The van der Waals surface area contributed by atoms with Gasteiger partial charge in [0, 0.05) is 24.0 Å². The molecule has 1 aromatic heterocycles. The van der Waals surface area contributed by atoms with Crippen molar-refractivity contribution < 1.29 is 0 Å². The van der Waals surface area contributed by atoms with Crippen LogP contribution in [0.3, 0.4) is 0 Å². The molecule has 0 fully saturated rings. The average molecular weight is 254 g/mol. The van der Waals surface area contributed by atoms with E-state index < -0.39 is 0 Å². The standard InChI is InChI=1S/C14H26N2S/c1-12(2)7-9-16(4)10-8-15-13(3)14-6-5-11-17-14/h5-6,11-13,15H,7-10H2,1-4H3. The van der Waals surface area contributed by atoms with Crippen molar-refractivity contribution in [2.75, 3.05) is 26.7 Å². The summed E-state index contributed by atoms with van der Waals surface area (Å²) in [6.07, 6.45) is 1.29. The number of nitrogens with zero attached hydrogens (tertiary/aromatic N) is 1. The quantitative estimate of drug-likeness (QED) is 0.765. The third-order valence-electron chi connectivity index (χ3n) is 3.00. The topological polar surface area (TPSA) is 15.3 Å². The number of rotatable bonds is 8. The fraction of sp³-hybridized carbons (Fsp3) is 0.714. The van der Waals surface area contributed by atoms with Crippen LogP contribution in [0.2, 0.25) is 0 Å². The van der Waals surface area contributed by atoms with Crippen LogP contribution in [0.25, 0.3) is 0 Å². The van der Waals surface area contributed by atoms with E-state index in [1.54, 1.807) is 0 Å². The van der Waals surface area contributed by atoms with E-state index in [-0.39, 0.29) is 0 Å². The summed E-state index contributed by atoms with van der Waals surface area (Å²) in [6.45, 7) is 10.2. The number of hydrogen-bond acceptors (Lipinski definition) is 3. The lowest BCUT2D eigenvalue weighted by Gasteiger charge is -2.19. The molecule has 0 aliphatic carbocycles. The third-order valence-corrected chi connectivity index (χ3v) is 4.06. The number of nitrogens with one attached hydrogen (secondary N) is 1. The molecule has 0 spiro atoms. The summed E-state index contributed by atoms with van der Waals surface area (Å²) in [5.74, 6) is 0.801. The molecule has 1 aromatic rings. The average Bonchev–Trinajstić information content (AvgIpc) is 2.79. The first-order valence-electron chi connectivity index (χ1n) is 6.55. The Hall–Kier alpha value is -0.380. The number of thiophene rings is 1. The maximum Gasteiger partial charge on any atom is 0.0386 e. The predicted molar refractivity (Wildman–Crippen MR) is 77.7 cm³/mol. The normalized spacial score (nSPS) is 13.5. The summed E-state index contributed by atoms with van der Waals surface area (Å²) < 4.78 is 0. The van der Waals surface area contributed by atoms with Gasteiger partial charge in [0.05, 0.1) is 0 Å². The second-order valence-electron chi connectivity index (χ2n) is 5.18. The van der Waals surface area contributed by atoms with E-state index in [9.17, 15) is 0 Å². The van der Waals surface area contributed by atoms with E-state index in [4.69, 9.17) is 0 Å². The zero-order valence-corrected chi connectivity index (χ0v) is 12.4. The molecule has 0 aliphatic heterocycles. The van der Waals surface area contributed by atoms with Crippen LogP contribution in [0.15, 0.2) is 17.5 Å². The van der Waals surface area contributed by atoms with Crippen LogP contribution in [-0.4, -0.2) is 31.6 Å². The summed E-state index contributed by atoms with van der Waals surface area (Å²) >= 11 is 1.83. The molecule has 0 aromatic carbocycles. The molecular formula is C14H26N2S. The Morgan fingerprint density at radius 2 is 2.06 bits per heavy atom. The summed E-state index contributed by atoms with van der Waals surface area (Å²) in [5, 5.41) is 5.71. The second kappa shape index (κ2) is 7.85. The van der Waals surface area contributed by atoms with Crippen molar-refractivity contribution in [1.82, 2.24) is 10.2 Å². The molecule has 0 bridgehead atoms. The van der Waals surface area contributed by atoms with Gasteiger partial charge in [-0.1, -0.05) is 19.9 Å². The van der Waals surface area contributed by atoms with E-state index in [0.29, 0.717) is 6.04 Å². The first-order chi connectivity index (χ1) is 8.09. The molecule has 0 saturated carbocycles. The highest BCUT2D eigenvalue weighted by atomic mass is 32.1. The van der Waals surface area contributed by atoms with Gasteiger partial charge in [0.15, 0.2) is 0 Å². The molecule has 3 heteroatoms.